The lowest BCUT2D eigenvalue weighted by Crippen LogP contribution is -2.42. The Balaban J connectivity index is 1.94. The molecule has 35 heavy (non-hydrogen) atoms. The minimum atomic E-state index is -4.18. The van der Waals surface area contributed by atoms with Crippen LogP contribution in [0.2, 0.25) is 0 Å². The minimum Gasteiger partial charge on any atom is -0.496 e. The number of nitrogens with one attached hydrogen (secondary N) is 1. The second-order valence-corrected chi connectivity index (χ2v) is 9.72. The highest BCUT2D eigenvalue weighted by molar-refractivity contribution is 7.92. The number of nitro benzene ring substituents is 1. The Bertz CT molecular complexity index is 1310. The number of methoxy groups -OCH3 is 1. The summed E-state index contributed by atoms with van der Waals surface area (Å²) < 4.78 is 33.1. The zero-order valence-electron chi connectivity index (χ0n) is 19.7. The fourth-order valence-corrected chi connectivity index (χ4v) is 5.14. The molecule has 1 amide bonds. The number of benzene rings is 3. The predicted molar refractivity (Wildman–Crippen MR) is 133 cm³/mol. The lowest BCUT2D eigenvalue weighted by atomic mass is 10.0. The molecule has 3 aromatic carbocycles. The van der Waals surface area contributed by atoms with Crippen LogP contribution in [-0.2, 0) is 14.8 Å². The van der Waals surface area contributed by atoms with Gasteiger partial charge in [-0.1, -0.05) is 43.3 Å². The quantitative estimate of drug-likeness (QED) is 0.328. The summed E-state index contributed by atoms with van der Waals surface area (Å²) in [5.41, 5.74) is 1.50. The van der Waals surface area contributed by atoms with Gasteiger partial charge in [-0.15, -0.1) is 0 Å². The summed E-state index contributed by atoms with van der Waals surface area (Å²) in [6, 6.07) is 18.0. The van der Waals surface area contributed by atoms with Gasteiger partial charge in [0.1, 0.15) is 12.3 Å². The largest absolute Gasteiger partial charge is 0.496 e. The Morgan fingerprint density at radius 2 is 1.80 bits per heavy atom. The van der Waals surface area contributed by atoms with Crippen molar-refractivity contribution in [3.05, 3.63) is 94.0 Å². The number of aryl methyl sites for hydroxylation is 1. The van der Waals surface area contributed by atoms with Crippen LogP contribution in [0.15, 0.2) is 77.7 Å². The van der Waals surface area contributed by atoms with E-state index >= 15 is 0 Å². The first-order valence-corrected chi connectivity index (χ1v) is 12.4. The summed E-state index contributed by atoms with van der Waals surface area (Å²) in [5.74, 6) is 0.178. The number of carbonyl (C=O) groups excluding carboxylic acids is 1. The highest BCUT2D eigenvalue weighted by Crippen LogP contribution is 2.28. The summed E-state index contributed by atoms with van der Waals surface area (Å²) in [5, 5.41) is 14.2. The predicted octanol–water partition coefficient (Wildman–Crippen LogP) is 4.37. The van der Waals surface area contributed by atoms with Crippen molar-refractivity contribution in [2.75, 3.05) is 18.0 Å². The first kappa shape index (κ1) is 25.7. The Morgan fingerprint density at radius 1 is 1.09 bits per heavy atom. The summed E-state index contributed by atoms with van der Waals surface area (Å²) in [6.07, 6.45) is 0.569. The molecule has 1 N–H and O–H groups in total. The summed E-state index contributed by atoms with van der Waals surface area (Å²) in [6.45, 7) is 3.25. The molecule has 0 saturated carbocycles. The van der Waals surface area contributed by atoms with Crippen LogP contribution < -0.4 is 14.4 Å². The number of nitrogens with zero attached hydrogens (tertiary/aromatic N) is 2. The maximum Gasteiger partial charge on any atom is 0.271 e. The highest BCUT2D eigenvalue weighted by Gasteiger charge is 2.29. The highest BCUT2D eigenvalue weighted by atomic mass is 32.2. The van der Waals surface area contributed by atoms with Crippen molar-refractivity contribution in [3.8, 4) is 5.75 Å². The van der Waals surface area contributed by atoms with E-state index in [-0.39, 0.29) is 22.3 Å². The van der Waals surface area contributed by atoms with E-state index in [9.17, 15) is 23.3 Å². The van der Waals surface area contributed by atoms with Crippen LogP contribution in [0.25, 0.3) is 0 Å². The van der Waals surface area contributed by atoms with Gasteiger partial charge in [-0.2, -0.15) is 0 Å². The third-order valence-electron chi connectivity index (χ3n) is 5.51. The molecule has 1 atom stereocenters. The van der Waals surface area contributed by atoms with Gasteiger partial charge in [0.05, 0.1) is 28.7 Å². The fraction of sp³-hybridized carbons (Fsp3) is 0.240. The average molecular weight is 498 g/mol. The second kappa shape index (κ2) is 11.0. The molecule has 10 heteroatoms. The molecule has 0 bridgehead atoms. The Labute approximate surface area is 204 Å². The van der Waals surface area contributed by atoms with Gasteiger partial charge in [0.15, 0.2) is 0 Å². The monoisotopic (exact) mass is 497 g/mol. The average Bonchev–Trinajstić information content (AvgIpc) is 2.86. The molecule has 0 fully saturated rings. The van der Waals surface area contributed by atoms with E-state index in [1.165, 1.54) is 30.3 Å². The van der Waals surface area contributed by atoms with Gasteiger partial charge >= 0.3 is 0 Å². The third kappa shape index (κ3) is 5.96. The van der Waals surface area contributed by atoms with Gasteiger partial charge in [-0.05, 0) is 48.7 Å². The van der Waals surface area contributed by atoms with Crippen molar-refractivity contribution in [1.29, 1.82) is 0 Å². The minimum absolute atomic E-state index is 0.0199. The van der Waals surface area contributed by atoms with Crippen LogP contribution in [0.5, 0.6) is 5.75 Å². The molecular weight excluding hydrogens is 470 g/mol. The Morgan fingerprint density at radius 3 is 2.40 bits per heavy atom. The lowest BCUT2D eigenvalue weighted by Gasteiger charge is -2.25. The molecule has 3 aromatic rings. The molecule has 184 valence electrons. The van der Waals surface area contributed by atoms with Crippen LogP contribution in [0.3, 0.4) is 0 Å². The number of carbonyl (C=O) groups is 1. The van der Waals surface area contributed by atoms with E-state index in [0.717, 1.165) is 27.2 Å². The van der Waals surface area contributed by atoms with Crippen LogP contribution in [0, 0.1) is 17.0 Å². The van der Waals surface area contributed by atoms with Gasteiger partial charge in [0.2, 0.25) is 5.91 Å². The standard InChI is InChI=1S/C25H27N3O6S/c1-4-23(19-13-14-24(34-3)18(2)15-19)26-25(29)17-27(20-9-8-10-21(16-20)28(30)31)35(32,33)22-11-6-5-7-12-22/h5-16,23H,4,17H2,1-3H3,(H,26,29). The first-order chi connectivity index (χ1) is 16.7. The zero-order valence-corrected chi connectivity index (χ0v) is 20.5. The van der Waals surface area contributed by atoms with Crippen molar-refractivity contribution in [3.63, 3.8) is 0 Å². The molecular formula is C25H27N3O6S. The molecule has 0 spiro atoms. The van der Waals surface area contributed by atoms with Crippen LogP contribution in [0.4, 0.5) is 11.4 Å². The number of hydrogen-bond donors (Lipinski definition) is 1. The van der Waals surface area contributed by atoms with Crippen molar-refractivity contribution < 1.29 is 22.9 Å². The number of non-ortho nitro benzene ring substituents is 1. The van der Waals surface area contributed by atoms with E-state index in [1.54, 1.807) is 25.3 Å². The Hall–Kier alpha value is -3.92. The number of rotatable bonds is 10. The molecule has 0 radical (unpaired) electrons. The van der Waals surface area contributed by atoms with Crippen molar-refractivity contribution in [2.24, 2.45) is 0 Å². The molecule has 3 rings (SSSR count). The zero-order chi connectivity index (χ0) is 25.6. The molecule has 0 aromatic heterocycles. The molecule has 0 saturated heterocycles. The van der Waals surface area contributed by atoms with E-state index in [0.29, 0.717) is 6.42 Å². The SMILES string of the molecule is CCC(NC(=O)CN(c1cccc([N+](=O)[O-])c1)S(=O)(=O)c1ccccc1)c1ccc(OC)c(C)c1. The van der Waals surface area contributed by atoms with Gasteiger partial charge in [-0.25, -0.2) is 8.42 Å². The molecule has 0 aliphatic heterocycles. The molecule has 9 nitrogen and oxygen atoms in total. The topological polar surface area (TPSA) is 119 Å². The van der Waals surface area contributed by atoms with E-state index in [4.69, 9.17) is 4.74 Å². The normalized spacial score (nSPS) is 12.0. The summed E-state index contributed by atoms with van der Waals surface area (Å²) in [4.78, 5) is 23.7. The van der Waals surface area contributed by atoms with Gasteiger partial charge < -0.3 is 10.1 Å². The number of amides is 1. The van der Waals surface area contributed by atoms with E-state index < -0.39 is 27.4 Å². The van der Waals surface area contributed by atoms with Gasteiger partial charge in [0, 0.05) is 12.1 Å². The number of nitro groups is 1. The molecule has 0 aliphatic carbocycles. The van der Waals surface area contributed by atoms with Crippen LogP contribution >= 0.6 is 0 Å². The van der Waals surface area contributed by atoms with Crippen molar-refractivity contribution in [2.45, 2.75) is 31.2 Å². The van der Waals surface area contributed by atoms with E-state index in [2.05, 4.69) is 5.32 Å². The second-order valence-electron chi connectivity index (χ2n) is 7.86. The first-order valence-electron chi connectivity index (χ1n) is 10.9. The van der Waals surface area contributed by atoms with Crippen molar-refractivity contribution in [1.82, 2.24) is 5.32 Å². The lowest BCUT2D eigenvalue weighted by molar-refractivity contribution is -0.384. The number of ether oxygens (including phenoxy) is 1. The fourth-order valence-electron chi connectivity index (χ4n) is 3.71. The Kier molecular flexibility index (Phi) is 8.08. The smallest absolute Gasteiger partial charge is 0.271 e. The number of hydrogen-bond acceptors (Lipinski definition) is 6. The van der Waals surface area contributed by atoms with Crippen LogP contribution in [0.1, 0.15) is 30.5 Å². The van der Waals surface area contributed by atoms with E-state index in [1.807, 2.05) is 32.0 Å². The van der Waals surface area contributed by atoms with Gasteiger partial charge in [0.25, 0.3) is 15.7 Å². The maximum atomic E-state index is 13.5. The third-order valence-corrected chi connectivity index (χ3v) is 7.30. The molecule has 0 heterocycles. The summed E-state index contributed by atoms with van der Waals surface area (Å²) >= 11 is 0. The summed E-state index contributed by atoms with van der Waals surface area (Å²) in [7, 11) is -2.60. The number of sulfonamides is 1. The molecule has 0 aliphatic rings. The number of anilines is 1. The maximum absolute atomic E-state index is 13.5. The van der Waals surface area contributed by atoms with Crippen molar-refractivity contribution >= 4 is 27.3 Å². The van der Waals surface area contributed by atoms with Gasteiger partial charge in [-0.3, -0.25) is 19.2 Å². The molecule has 1 unspecified atom stereocenters. The van der Waals surface area contributed by atoms with Crippen LogP contribution in [-0.4, -0.2) is 32.9 Å².